The first kappa shape index (κ1) is 18.6. The Bertz CT molecular complexity index is 1030. The molecule has 3 rings (SSSR count). The molecule has 0 heterocycles. The van der Waals surface area contributed by atoms with Gasteiger partial charge >= 0.3 is 0 Å². The van der Waals surface area contributed by atoms with Gasteiger partial charge < -0.3 is 14.6 Å². The fourth-order valence-electron chi connectivity index (χ4n) is 2.61. The van der Waals surface area contributed by atoms with E-state index in [0.717, 1.165) is 5.56 Å². The third-order valence-electron chi connectivity index (χ3n) is 4.00. The number of methoxy groups -OCH3 is 2. The molecule has 3 aromatic carbocycles. The Balaban J connectivity index is 1.94. The standard InChI is InChI=1S/C20H19NO5S/c1-25-17-8-10-18(11-9-17)27(23,24)21-15-5-12-20(26-2)19(13-15)14-3-6-16(22)7-4-14/h3-13,21-22H,1-2H3. The fourth-order valence-corrected chi connectivity index (χ4v) is 3.66. The molecule has 0 aliphatic rings. The third-order valence-corrected chi connectivity index (χ3v) is 5.40. The monoisotopic (exact) mass is 385 g/mol. The third kappa shape index (κ3) is 4.15. The number of rotatable bonds is 6. The maximum atomic E-state index is 12.6. The number of benzene rings is 3. The second kappa shape index (κ2) is 7.59. The van der Waals surface area contributed by atoms with Crippen molar-refractivity contribution in [1.29, 1.82) is 0 Å². The van der Waals surface area contributed by atoms with Gasteiger partial charge in [-0.3, -0.25) is 4.72 Å². The SMILES string of the molecule is COc1ccc(S(=O)(=O)Nc2ccc(OC)c(-c3ccc(O)cc3)c2)cc1. The van der Waals surface area contributed by atoms with Crippen LogP contribution in [0.25, 0.3) is 11.1 Å². The van der Waals surface area contributed by atoms with E-state index in [-0.39, 0.29) is 10.6 Å². The lowest BCUT2D eigenvalue weighted by Gasteiger charge is -2.13. The van der Waals surface area contributed by atoms with Crippen LogP contribution in [0.3, 0.4) is 0 Å². The van der Waals surface area contributed by atoms with Crippen LogP contribution in [0.4, 0.5) is 5.69 Å². The molecular formula is C20H19NO5S. The van der Waals surface area contributed by atoms with Gasteiger partial charge in [-0.25, -0.2) is 8.42 Å². The summed E-state index contributed by atoms with van der Waals surface area (Å²) in [5, 5.41) is 9.47. The summed E-state index contributed by atoms with van der Waals surface area (Å²) in [6.45, 7) is 0. The van der Waals surface area contributed by atoms with Crippen LogP contribution in [0, 0.1) is 0 Å². The van der Waals surface area contributed by atoms with E-state index in [1.165, 1.54) is 19.2 Å². The van der Waals surface area contributed by atoms with Crippen molar-refractivity contribution in [2.45, 2.75) is 4.90 Å². The molecule has 0 aliphatic heterocycles. The van der Waals surface area contributed by atoms with Gasteiger partial charge in [0.05, 0.1) is 19.1 Å². The van der Waals surface area contributed by atoms with Crippen molar-refractivity contribution < 1.29 is 23.0 Å². The van der Waals surface area contributed by atoms with Crippen LogP contribution in [0.1, 0.15) is 0 Å². The summed E-state index contributed by atoms with van der Waals surface area (Å²) in [6.07, 6.45) is 0. The van der Waals surface area contributed by atoms with Crippen molar-refractivity contribution in [2.75, 3.05) is 18.9 Å². The minimum absolute atomic E-state index is 0.130. The summed E-state index contributed by atoms with van der Waals surface area (Å²) >= 11 is 0. The van der Waals surface area contributed by atoms with E-state index < -0.39 is 10.0 Å². The van der Waals surface area contributed by atoms with Gasteiger partial charge in [-0.1, -0.05) is 12.1 Å². The Morgan fingerprint density at radius 3 is 2.11 bits per heavy atom. The van der Waals surface area contributed by atoms with Crippen LogP contribution in [0.2, 0.25) is 0 Å². The Labute approximate surface area is 158 Å². The van der Waals surface area contributed by atoms with E-state index in [0.29, 0.717) is 22.7 Å². The molecule has 0 unspecified atom stereocenters. The number of phenolic OH excluding ortho intramolecular Hbond substituents is 1. The zero-order valence-electron chi connectivity index (χ0n) is 14.8. The molecule has 0 fully saturated rings. The lowest BCUT2D eigenvalue weighted by molar-refractivity contribution is 0.414. The van der Waals surface area contributed by atoms with Gasteiger partial charge in [-0.15, -0.1) is 0 Å². The smallest absolute Gasteiger partial charge is 0.261 e. The van der Waals surface area contributed by atoms with Crippen LogP contribution in [-0.4, -0.2) is 27.7 Å². The molecule has 0 saturated heterocycles. The molecule has 7 heteroatoms. The van der Waals surface area contributed by atoms with Gasteiger partial charge in [0.2, 0.25) is 0 Å². The summed E-state index contributed by atoms with van der Waals surface area (Å²) < 4.78 is 38.3. The molecule has 0 aromatic heterocycles. The number of nitrogens with one attached hydrogen (secondary N) is 1. The maximum absolute atomic E-state index is 12.6. The molecule has 0 aliphatic carbocycles. The number of hydrogen-bond donors (Lipinski definition) is 2. The Morgan fingerprint density at radius 1 is 0.852 bits per heavy atom. The number of anilines is 1. The number of sulfonamides is 1. The fraction of sp³-hybridized carbons (Fsp3) is 0.100. The molecule has 0 radical (unpaired) electrons. The maximum Gasteiger partial charge on any atom is 0.261 e. The van der Waals surface area contributed by atoms with E-state index in [1.54, 1.807) is 61.7 Å². The largest absolute Gasteiger partial charge is 0.508 e. The van der Waals surface area contributed by atoms with Gasteiger partial charge in [0.15, 0.2) is 0 Å². The molecule has 140 valence electrons. The Hall–Kier alpha value is -3.19. The van der Waals surface area contributed by atoms with Crippen molar-refractivity contribution in [3.63, 3.8) is 0 Å². The molecule has 0 saturated carbocycles. The topological polar surface area (TPSA) is 84.9 Å². The Morgan fingerprint density at radius 2 is 1.52 bits per heavy atom. The Kier molecular flexibility index (Phi) is 5.23. The summed E-state index contributed by atoms with van der Waals surface area (Å²) in [5.74, 6) is 1.31. The zero-order chi connectivity index (χ0) is 19.4. The van der Waals surface area contributed by atoms with Gasteiger partial charge in [0.1, 0.15) is 17.2 Å². The van der Waals surface area contributed by atoms with Crippen molar-refractivity contribution in [1.82, 2.24) is 0 Å². The highest BCUT2D eigenvalue weighted by Crippen LogP contribution is 2.34. The second-order valence-electron chi connectivity index (χ2n) is 5.74. The average Bonchev–Trinajstić information content (AvgIpc) is 2.68. The highest BCUT2D eigenvalue weighted by Gasteiger charge is 2.16. The molecule has 0 amide bonds. The lowest BCUT2D eigenvalue weighted by Crippen LogP contribution is -2.13. The van der Waals surface area contributed by atoms with Gasteiger partial charge in [0.25, 0.3) is 10.0 Å². The van der Waals surface area contributed by atoms with Crippen molar-refractivity contribution in [3.8, 4) is 28.4 Å². The molecule has 2 N–H and O–H groups in total. The minimum Gasteiger partial charge on any atom is -0.508 e. The molecule has 27 heavy (non-hydrogen) atoms. The van der Waals surface area contributed by atoms with Gasteiger partial charge in [0, 0.05) is 11.3 Å². The van der Waals surface area contributed by atoms with Crippen LogP contribution in [0.5, 0.6) is 17.2 Å². The van der Waals surface area contributed by atoms with Crippen molar-refractivity contribution in [3.05, 3.63) is 66.7 Å². The molecular weight excluding hydrogens is 366 g/mol. The first-order valence-electron chi connectivity index (χ1n) is 8.07. The molecule has 0 atom stereocenters. The zero-order valence-corrected chi connectivity index (χ0v) is 15.7. The first-order chi connectivity index (χ1) is 12.9. The number of phenols is 1. The molecule has 3 aromatic rings. The number of aromatic hydroxyl groups is 1. The summed E-state index contributed by atoms with van der Waals surface area (Å²) in [5.41, 5.74) is 1.89. The van der Waals surface area contributed by atoms with Crippen molar-refractivity contribution >= 4 is 15.7 Å². The average molecular weight is 385 g/mol. The van der Waals surface area contributed by atoms with Crippen LogP contribution < -0.4 is 14.2 Å². The predicted octanol–water partition coefficient (Wildman–Crippen LogP) is 3.88. The van der Waals surface area contributed by atoms with E-state index in [4.69, 9.17) is 9.47 Å². The normalized spacial score (nSPS) is 11.0. The highest BCUT2D eigenvalue weighted by molar-refractivity contribution is 7.92. The second-order valence-corrected chi connectivity index (χ2v) is 7.43. The minimum atomic E-state index is -3.75. The summed E-state index contributed by atoms with van der Waals surface area (Å²) in [4.78, 5) is 0.130. The van der Waals surface area contributed by atoms with E-state index >= 15 is 0 Å². The van der Waals surface area contributed by atoms with E-state index in [9.17, 15) is 13.5 Å². The van der Waals surface area contributed by atoms with Crippen LogP contribution in [0.15, 0.2) is 71.6 Å². The molecule has 6 nitrogen and oxygen atoms in total. The van der Waals surface area contributed by atoms with E-state index in [1.807, 2.05) is 0 Å². The number of hydrogen-bond acceptors (Lipinski definition) is 5. The quantitative estimate of drug-likeness (QED) is 0.673. The molecule has 0 spiro atoms. The summed E-state index contributed by atoms with van der Waals surface area (Å²) in [7, 11) is -0.690. The molecule has 0 bridgehead atoms. The highest BCUT2D eigenvalue weighted by atomic mass is 32.2. The lowest BCUT2D eigenvalue weighted by atomic mass is 10.0. The predicted molar refractivity (Wildman–Crippen MR) is 104 cm³/mol. The van der Waals surface area contributed by atoms with Crippen LogP contribution in [-0.2, 0) is 10.0 Å². The van der Waals surface area contributed by atoms with Crippen molar-refractivity contribution in [2.24, 2.45) is 0 Å². The van der Waals surface area contributed by atoms with Gasteiger partial charge in [-0.2, -0.15) is 0 Å². The van der Waals surface area contributed by atoms with E-state index in [2.05, 4.69) is 4.72 Å². The first-order valence-corrected chi connectivity index (χ1v) is 9.55. The van der Waals surface area contributed by atoms with Gasteiger partial charge in [-0.05, 0) is 60.2 Å². The van der Waals surface area contributed by atoms with Crippen LogP contribution >= 0.6 is 0 Å². The number of ether oxygens (including phenoxy) is 2. The summed E-state index contributed by atoms with van der Waals surface area (Å²) in [6, 6.07) is 17.7.